The van der Waals surface area contributed by atoms with E-state index in [2.05, 4.69) is 104 Å². The molecule has 1 aliphatic rings. The third-order valence-corrected chi connectivity index (χ3v) is 6.34. The lowest BCUT2D eigenvalue weighted by Gasteiger charge is -2.34. The van der Waals surface area contributed by atoms with Crippen LogP contribution in [-0.2, 0) is 5.41 Å². The zero-order valence-electron chi connectivity index (χ0n) is 16.3. The summed E-state index contributed by atoms with van der Waals surface area (Å²) in [6.45, 7) is 2.12. The van der Waals surface area contributed by atoms with E-state index in [1.54, 1.807) is 0 Å². The van der Waals surface area contributed by atoms with Crippen LogP contribution in [0.25, 0.3) is 11.1 Å². The van der Waals surface area contributed by atoms with Crippen molar-refractivity contribution < 1.29 is 0 Å². The highest BCUT2D eigenvalue weighted by Gasteiger charge is 2.47. The van der Waals surface area contributed by atoms with Gasteiger partial charge in [-0.3, -0.25) is 0 Å². The summed E-state index contributed by atoms with van der Waals surface area (Å²) < 4.78 is 0. The predicted octanol–water partition coefficient (Wildman–Crippen LogP) is 6.62. The molecular weight excluding hydrogens is 370 g/mol. The van der Waals surface area contributed by atoms with Gasteiger partial charge < -0.3 is 5.73 Å². The van der Waals surface area contributed by atoms with Crippen molar-refractivity contribution in [1.29, 1.82) is 0 Å². The van der Waals surface area contributed by atoms with Crippen LogP contribution in [0.5, 0.6) is 0 Å². The molecule has 0 bridgehead atoms. The molecule has 142 valence electrons. The second kappa shape index (κ2) is 6.82. The van der Waals surface area contributed by atoms with Crippen molar-refractivity contribution in [2.24, 2.45) is 0 Å². The monoisotopic (exact) mass is 393 g/mol. The van der Waals surface area contributed by atoms with Gasteiger partial charge in [-0.15, -0.1) is 0 Å². The van der Waals surface area contributed by atoms with E-state index in [4.69, 9.17) is 18.4 Å². The average molecular weight is 394 g/mol. The first-order valence-corrected chi connectivity index (χ1v) is 10.5. The van der Waals surface area contributed by atoms with Gasteiger partial charge in [-0.2, -0.15) is 12.6 Å². The SMILES string of the molecule is CC(S)c1cc(N)cc2c1-c1ccccc1C2(c1ccccc1)c1ccccc1. The Morgan fingerprint density at radius 2 is 1.28 bits per heavy atom. The normalized spacial score (nSPS) is 14.8. The van der Waals surface area contributed by atoms with Crippen LogP contribution in [0.3, 0.4) is 0 Å². The molecule has 1 nitrogen and oxygen atoms in total. The molecule has 0 saturated heterocycles. The Bertz CT molecular complexity index is 1140. The number of hydrogen-bond donors (Lipinski definition) is 2. The number of benzene rings is 4. The van der Waals surface area contributed by atoms with E-state index in [0.29, 0.717) is 0 Å². The standard InChI is InChI=1S/C27H23NS/c1-18(29)23-16-21(28)17-25-26(23)22-14-8-9-15-24(22)27(25,19-10-4-2-5-11-19)20-12-6-3-7-13-20/h2-18,29H,28H2,1H3. The van der Waals surface area contributed by atoms with Crippen LogP contribution >= 0.6 is 12.6 Å². The lowest BCUT2D eigenvalue weighted by molar-refractivity contribution is 0.768. The lowest BCUT2D eigenvalue weighted by Crippen LogP contribution is -2.28. The number of fused-ring (bicyclic) bond motifs is 3. The summed E-state index contributed by atoms with van der Waals surface area (Å²) in [5, 5.41) is 0.0858. The third kappa shape index (κ3) is 2.56. The van der Waals surface area contributed by atoms with Gasteiger partial charge in [-0.25, -0.2) is 0 Å². The maximum absolute atomic E-state index is 6.45. The number of nitrogens with two attached hydrogens (primary N) is 1. The zero-order valence-corrected chi connectivity index (χ0v) is 17.2. The Labute approximate surface area is 177 Å². The predicted molar refractivity (Wildman–Crippen MR) is 126 cm³/mol. The maximum atomic E-state index is 6.45. The summed E-state index contributed by atoms with van der Waals surface area (Å²) in [5.41, 5.74) is 15.6. The van der Waals surface area contributed by atoms with Gasteiger partial charge in [0.2, 0.25) is 0 Å². The minimum atomic E-state index is -0.402. The molecule has 0 aromatic heterocycles. The van der Waals surface area contributed by atoms with Crippen molar-refractivity contribution in [2.75, 3.05) is 5.73 Å². The number of anilines is 1. The molecule has 5 rings (SSSR count). The Balaban J connectivity index is 2.01. The van der Waals surface area contributed by atoms with Gasteiger partial charge in [0.05, 0.1) is 5.41 Å². The first kappa shape index (κ1) is 18.1. The summed E-state index contributed by atoms with van der Waals surface area (Å²) in [4.78, 5) is 0. The van der Waals surface area contributed by atoms with E-state index in [9.17, 15) is 0 Å². The van der Waals surface area contributed by atoms with Gasteiger partial charge in [-0.05, 0) is 58.0 Å². The number of hydrogen-bond acceptors (Lipinski definition) is 2. The largest absolute Gasteiger partial charge is 0.399 e. The molecule has 4 aromatic rings. The Morgan fingerprint density at radius 3 is 1.86 bits per heavy atom. The number of rotatable bonds is 3. The molecule has 1 aliphatic carbocycles. The number of nitrogen functional groups attached to an aromatic ring is 1. The third-order valence-electron chi connectivity index (χ3n) is 6.06. The van der Waals surface area contributed by atoms with E-state index in [-0.39, 0.29) is 5.25 Å². The highest BCUT2D eigenvalue weighted by atomic mass is 32.1. The molecule has 0 aliphatic heterocycles. The van der Waals surface area contributed by atoms with Gasteiger partial charge in [0.1, 0.15) is 0 Å². The summed E-state index contributed by atoms with van der Waals surface area (Å²) >= 11 is 4.80. The van der Waals surface area contributed by atoms with Crippen molar-refractivity contribution in [3.8, 4) is 11.1 Å². The van der Waals surface area contributed by atoms with Crippen molar-refractivity contribution in [1.82, 2.24) is 0 Å². The van der Waals surface area contributed by atoms with Crippen LogP contribution in [0.15, 0.2) is 97.1 Å². The van der Waals surface area contributed by atoms with E-state index in [0.717, 1.165) is 5.69 Å². The Hall–Kier alpha value is -2.97. The molecule has 2 N–H and O–H groups in total. The van der Waals surface area contributed by atoms with E-state index in [1.807, 2.05) is 0 Å². The van der Waals surface area contributed by atoms with Crippen LogP contribution in [-0.4, -0.2) is 0 Å². The fourth-order valence-corrected chi connectivity index (χ4v) is 5.16. The van der Waals surface area contributed by atoms with Crippen molar-refractivity contribution in [3.63, 3.8) is 0 Å². The van der Waals surface area contributed by atoms with E-state index >= 15 is 0 Å². The summed E-state index contributed by atoms with van der Waals surface area (Å²) in [5.74, 6) is 0. The molecule has 0 saturated carbocycles. The molecule has 2 heteroatoms. The second-order valence-electron chi connectivity index (χ2n) is 7.74. The quantitative estimate of drug-likeness (QED) is 0.261. The molecule has 0 spiro atoms. The Morgan fingerprint density at radius 1 is 0.724 bits per heavy atom. The summed E-state index contributed by atoms with van der Waals surface area (Å²) in [6, 6.07) is 34.5. The fraction of sp³-hybridized carbons (Fsp3) is 0.111. The molecule has 0 amide bonds. The fourth-order valence-electron chi connectivity index (χ4n) is 4.95. The topological polar surface area (TPSA) is 26.0 Å². The van der Waals surface area contributed by atoms with Gasteiger partial charge in [0.25, 0.3) is 0 Å². The molecule has 1 unspecified atom stereocenters. The summed E-state index contributed by atoms with van der Waals surface area (Å²) in [7, 11) is 0. The zero-order chi connectivity index (χ0) is 20.0. The van der Waals surface area contributed by atoms with Crippen molar-refractivity contribution >= 4 is 18.3 Å². The molecule has 0 heterocycles. The summed E-state index contributed by atoms with van der Waals surface area (Å²) in [6.07, 6.45) is 0. The van der Waals surface area contributed by atoms with Gasteiger partial charge >= 0.3 is 0 Å². The lowest BCUT2D eigenvalue weighted by atomic mass is 9.67. The van der Waals surface area contributed by atoms with Crippen LogP contribution in [0.2, 0.25) is 0 Å². The van der Waals surface area contributed by atoms with Gasteiger partial charge in [-0.1, -0.05) is 84.9 Å². The highest BCUT2D eigenvalue weighted by molar-refractivity contribution is 7.80. The van der Waals surface area contributed by atoms with E-state index < -0.39 is 5.41 Å². The first-order valence-electron chi connectivity index (χ1n) is 9.97. The van der Waals surface area contributed by atoms with Crippen LogP contribution in [0, 0.1) is 0 Å². The molecular formula is C27H23NS. The molecule has 0 radical (unpaired) electrons. The number of thiol groups is 1. The molecule has 4 aromatic carbocycles. The van der Waals surface area contributed by atoms with Crippen LogP contribution in [0.4, 0.5) is 5.69 Å². The molecule has 1 atom stereocenters. The van der Waals surface area contributed by atoms with E-state index in [1.165, 1.54) is 38.9 Å². The molecule has 0 fully saturated rings. The second-order valence-corrected chi connectivity index (χ2v) is 8.51. The maximum Gasteiger partial charge on any atom is 0.0714 e. The van der Waals surface area contributed by atoms with Crippen molar-refractivity contribution in [3.05, 3.63) is 125 Å². The average Bonchev–Trinajstić information content (AvgIpc) is 3.05. The van der Waals surface area contributed by atoms with Crippen molar-refractivity contribution in [2.45, 2.75) is 17.6 Å². The highest BCUT2D eigenvalue weighted by Crippen LogP contribution is 2.58. The smallest absolute Gasteiger partial charge is 0.0714 e. The minimum Gasteiger partial charge on any atom is -0.399 e. The molecule has 29 heavy (non-hydrogen) atoms. The van der Waals surface area contributed by atoms with Gasteiger partial charge in [0, 0.05) is 10.9 Å². The minimum absolute atomic E-state index is 0.0858. The first-order chi connectivity index (χ1) is 14.1. The van der Waals surface area contributed by atoms with Gasteiger partial charge in [0.15, 0.2) is 0 Å². The van der Waals surface area contributed by atoms with Crippen LogP contribution in [0.1, 0.15) is 40.0 Å². The Kier molecular flexibility index (Phi) is 4.25. The van der Waals surface area contributed by atoms with Crippen LogP contribution < -0.4 is 5.73 Å².